The smallest absolute Gasteiger partial charge is 0.0299 e. The Morgan fingerprint density at radius 1 is 1.19 bits per heavy atom. The van der Waals surface area contributed by atoms with E-state index in [-0.39, 0.29) is 0 Å². The molecular weight excluding hydrogens is 254 g/mol. The van der Waals surface area contributed by atoms with Crippen molar-refractivity contribution in [1.82, 2.24) is 4.98 Å². The van der Waals surface area contributed by atoms with Gasteiger partial charge in [0.2, 0.25) is 0 Å². The van der Waals surface area contributed by atoms with Gasteiger partial charge in [-0.1, -0.05) is 62.9 Å². The first-order valence-corrected chi connectivity index (χ1v) is 7.50. The first kappa shape index (κ1) is 15.2. The monoisotopic (exact) mass is 277 g/mol. The number of aryl methyl sites for hydroxylation is 1. The summed E-state index contributed by atoms with van der Waals surface area (Å²) in [6.45, 7) is 8.58. The average Bonchev–Trinajstić information content (AvgIpc) is 2.52. The minimum atomic E-state index is 0.583. The molecule has 0 spiro atoms. The number of hydrogen-bond donors (Lipinski definition) is 0. The third-order valence-electron chi connectivity index (χ3n) is 3.43. The van der Waals surface area contributed by atoms with Gasteiger partial charge in [0.25, 0.3) is 0 Å². The van der Waals surface area contributed by atoms with Gasteiger partial charge in [0.1, 0.15) is 0 Å². The van der Waals surface area contributed by atoms with Crippen LogP contribution < -0.4 is 0 Å². The molecule has 0 radical (unpaired) electrons. The molecule has 0 N–H and O–H groups in total. The number of rotatable bonds is 6. The van der Waals surface area contributed by atoms with E-state index in [0.29, 0.717) is 5.92 Å². The first-order valence-electron chi connectivity index (χ1n) is 7.50. The van der Waals surface area contributed by atoms with Crippen LogP contribution in [0, 0.1) is 5.92 Å². The van der Waals surface area contributed by atoms with Crippen molar-refractivity contribution < 1.29 is 0 Å². The summed E-state index contributed by atoms with van der Waals surface area (Å²) < 4.78 is 0. The fourth-order valence-electron chi connectivity index (χ4n) is 2.12. The standard InChI is InChI=1S/C20H23N/c1-16(2)6-8-18-10-12-20(13-11-18)17(3)7-9-19-5-4-14-21-15-19/h4-6,8,10-16H,3,7,9H2,1-2H3/b8-6+. The van der Waals surface area contributed by atoms with Crippen LogP contribution in [0.2, 0.25) is 0 Å². The van der Waals surface area contributed by atoms with Crippen molar-refractivity contribution in [2.75, 3.05) is 0 Å². The molecule has 0 saturated heterocycles. The number of pyridine rings is 1. The summed E-state index contributed by atoms with van der Waals surface area (Å²) in [5.74, 6) is 0.583. The fraction of sp³-hybridized carbons (Fsp3) is 0.250. The Morgan fingerprint density at radius 3 is 2.57 bits per heavy atom. The second-order valence-corrected chi connectivity index (χ2v) is 5.69. The summed E-state index contributed by atoms with van der Waals surface area (Å²) in [4.78, 5) is 4.14. The summed E-state index contributed by atoms with van der Waals surface area (Å²) >= 11 is 0. The molecule has 0 saturated carbocycles. The zero-order chi connectivity index (χ0) is 15.1. The van der Waals surface area contributed by atoms with E-state index in [1.54, 1.807) is 0 Å². The highest BCUT2D eigenvalue weighted by Gasteiger charge is 2.00. The van der Waals surface area contributed by atoms with Gasteiger partial charge in [0.15, 0.2) is 0 Å². The Labute approximate surface area is 128 Å². The van der Waals surface area contributed by atoms with Crippen molar-refractivity contribution in [2.45, 2.75) is 26.7 Å². The lowest BCUT2D eigenvalue weighted by molar-refractivity contribution is 0.836. The minimum Gasteiger partial charge on any atom is -0.264 e. The van der Waals surface area contributed by atoms with E-state index in [4.69, 9.17) is 0 Å². The van der Waals surface area contributed by atoms with E-state index in [2.05, 4.69) is 67.9 Å². The lowest BCUT2D eigenvalue weighted by atomic mass is 9.99. The minimum absolute atomic E-state index is 0.583. The van der Waals surface area contributed by atoms with Gasteiger partial charge in [-0.15, -0.1) is 0 Å². The molecule has 1 aromatic heterocycles. The Hall–Kier alpha value is -2.15. The van der Waals surface area contributed by atoms with Gasteiger partial charge in [0.05, 0.1) is 0 Å². The van der Waals surface area contributed by atoms with E-state index in [9.17, 15) is 0 Å². The van der Waals surface area contributed by atoms with Gasteiger partial charge >= 0.3 is 0 Å². The quantitative estimate of drug-likeness (QED) is 0.689. The maximum Gasteiger partial charge on any atom is 0.0299 e. The largest absolute Gasteiger partial charge is 0.264 e. The summed E-state index contributed by atoms with van der Waals surface area (Å²) in [7, 11) is 0. The second-order valence-electron chi connectivity index (χ2n) is 5.69. The van der Waals surface area contributed by atoms with Gasteiger partial charge in [-0.2, -0.15) is 0 Å². The lowest BCUT2D eigenvalue weighted by Crippen LogP contribution is -1.89. The molecule has 108 valence electrons. The number of nitrogens with zero attached hydrogens (tertiary/aromatic N) is 1. The predicted molar refractivity (Wildman–Crippen MR) is 91.9 cm³/mol. The van der Waals surface area contributed by atoms with Gasteiger partial charge in [0, 0.05) is 12.4 Å². The molecule has 0 aliphatic rings. The van der Waals surface area contributed by atoms with E-state index in [0.717, 1.165) is 12.8 Å². The van der Waals surface area contributed by atoms with Crippen molar-refractivity contribution in [3.63, 3.8) is 0 Å². The van der Waals surface area contributed by atoms with Crippen molar-refractivity contribution in [3.8, 4) is 0 Å². The molecule has 0 aliphatic carbocycles. The highest BCUT2D eigenvalue weighted by Crippen LogP contribution is 2.19. The van der Waals surface area contributed by atoms with Gasteiger partial charge in [-0.25, -0.2) is 0 Å². The topological polar surface area (TPSA) is 12.9 Å². The van der Waals surface area contributed by atoms with Crippen LogP contribution in [0.3, 0.4) is 0 Å². The number of benzene rings is 1. The highest BCUT2D eigenvalue weighted by molar-refractivity contribution is 5.65. The van der Waals surface area contributed by atoms with Crippen LogP contribution in [-0.4, -0.2) is 4.98 Å². The summed E-state index contributed by atoms with van der Waals surface area (Å²) in [5.41, 5.74) is 4.90. The van der Waals surface area contributed by atoms with Gasteiger partial charge in [-0.3, -0.25) is 4.98 Å². The molecule has 21 heavy (non-hydrogen) atoms. The third kappa shape index (κ3) is 5.03. The predicted octanol–water partition coefficient (Wildman–Crippen LogP) is 5.40. The van der Waals surface area contributed by atoms with Crippen molar-refractivity contribution in [3.05, 3.63) is 78.1 Å². The molecule has 0 amide bonds. The Balaban J connectivity index is 1.94. The maximum atomic E-state index is 4.21. The maximum absolute atomic E-state index is 4.21. The van der Waals surface area contributed by atoms with Crippen LogP contribution in [0.15, 0.2) is 61.4 Å². The van der Waals surface area contributed by atoms with Crippen LogP contribution in [0.1, 0.15) is 37.0 Å². The summed E-state index contributed by atoms with van der Waals surface area (Å²) in [6.07, 6.45) is 10.1. The van der Waals surface area contributed by atoms with E-state index >= 15 is 0 Å². The number of hydrogen-bond acceptors (Lipinski definition) is 1. The highest BCUT2D eigenvalue weighted by atomic mass is 14.6. The Kier molecular flexibility index (Phi) is 5.51. The summed E-state index contributed by atoms with van der Waals surface area (Å²) in [6, 6.07) is 12.7. The van der Waals surface area contributed by atoms with E-state index in [1.165, 1.54) is 22.3 Å². The molecular formula is C20H23N. The number of allylic oxidation sites excluding steroid dienone is 2. The van der Waals surface area contributed by atoms with Crippen molar-refractivity contribution in [1.29, 1.82) is 0 Å². The zero-order valence-electron chi connectivity index (χ0n) is 12.9. The molecule has 2 aromatic rings. The van der Waals surface area contributed by atoms with Gasteiger partial charge in [-0.05, 0) is 47.1 Å². The molecule has 0 atom stereocenters. The zero-order valence-corrected chi connectivity index (χ0v) is 12.9. The molecule has 1 heteroatoms. The molecule has 1 heterocycles. The fourth-order valence-corrected chi connectivity index (χ4v) is 2.12. The van der Waals surface area contributed by atoms with Crippen LogP contribution in [0.5, 0.6) is 0 Å². The first-order chi connectivity index (χ1) is 10.1. The Bertz CT molecular complexity index is 591. The third-order valence-corrected chi connectivity index (χ3v) is 3.43. The van der Waals surface area contributed by atoms with Crippen LogP contribution >= 0.6 is 0 Å². The van der Waals surface area contributed by atoms with E-state index < -0.39 is 0 Å². The molecule has 0 aliphatic heterocycles. The van der Waals surface area contributed by atoms with Crippen LogP contribution in [0.4, 0.5) is 0 Å². The molecule has 1 nitrogen and oxygen atoms in total. The average molecular weight is 277 g/mol. The second kappa shape index (κ2) is 7.58. The SMILES string of the molecule is C=C(CCc1cccnc1)c1ccc(/C=C/C(C)C)cc1. The normalized spacial score (nSPS) is 11.2. The van der Waals surface area contributed by atoms with Gasteiger partial charge < -0.3 is 0 Å². The molecule has 0 unspecified atom stereocenters. The van der Waals surface area contributed by atoms with Crippen LogP contribution in [-0.2, 0) is 6.42 Å². The van der Waals surface area contributed by atoms with Crippen LogP contribution in [0.25, 0.3) is 11.6 Å². The lowest BCUT2D eigenvalue weighted by Gasteiger charge is -2.07. The molecule has 0 fully saturated rings. The summed E-state index contributed by atoms with van der Waals surface area (Å²) in [5, 5.41) is 0. The molecule has 0 bridgehead atoms. The Morgan fingerprint density at radius 2 is 1.95 bits per heavy atom. The molecule has 2 rings (SSSR count). The molecule has 1 aromatic carbocycles. The van der Waals surface area contributed by atoms with Crippen molar-refractivity contribution in [2.24, 2.45) is 5.92 Å². The van der Waals surface area contributed by atoms with Crippen molar-refractivity contribution >= 4 is 11.6 Å². The number of aromatic nitrogens is 1. The van der Waals surface area contributed by atoms with E-state index in [1.807, 2.05) is 18.5 Å².